The maximum absolute atomic E-state index is 10.5. The Balaban J connectivity index is 2.53. The molecule has 0 aliphatic heterocycles. The fraction of sp³-hybridized carbons (Fsp3) is 0.833. The number of nitro groups is 1. The quantitative estimate of drug-likeness (QED) is 0.433. The molecule has 0 saturated heterocycles. The van der Waals surface area contributed by atoms with Crippen molar-refractivity contribution in [3.63, 3.8) is 0 Å². The topological polar surface area (TPSA) is 60.2 Å². The summed E-state index contributed by atoms with van der Waals surface area (Å²) in [4.78, 5) is 20.4. The Kier molecular flexibility index (Phi) is 1.46. The van der Waals surface area contributed by atoms with Crippen LogP contribution in [0.15, 0.2) is 0 Å². The van der Waals surface area contributed by atoms with E-state index in [1.165, 1.54) is 6.92 Å². The first-order valence-corrected chi connectivity index (χ1v) is 3.21. The van der Waals surface area contributed by atoms with Crippen LogP contribution in [0.1, 0.15) is 26.2 Å². The smallest absolute Gasteiger partial charge is 0.229 e. The van der Waals surface area contributed by atoms with Gasteiger partial charge in [0.2, 0.25) is 5.54 Å². The van der Waals surface area contributed by atoms with Crippen molar-refractivity contribution in [1.29, 1.82) is 0 Å². The number of carbonyl (C=O) groups is 1. The van der Waals surface area contributed by atoms with Crippen molar-refractivity contribution < 1.29 is 9.72 Å². The van der Waals surface area contributed by atoms with E-state index in [0.717, 1.165) is 0 Å². The third-order valence-electron chi connectivity index (χ3n) is 1.79. The van der Waals surface area contributed by atoms with Gasteiger partial charge in [-0.3, -0.25) is 14.9 Å². The zero-order chi connectivity index (χ0) is 7.78. The van der Waals surface area contributed by atoms with Gasteiger partial charge < -0.3 is 0 Å². The standard InChI is InChI=1S/C6H9NO3/c1-5(8)4-6(2-3-6)7(9)10/h2-4H2,1H3. The molecule has 0 atom stereocenters. The van der Waals surface area contributed by atoms with Gasteiger partial charge in [0, 0.05) is 17.8 Å². The Bertz CT molecular complexity index is 183. The predicted octanol–water partition coefficient (Wildman–Crippen LogP) is 0.775. The van der Waals surface area contributed by atoms with Crippen LogP contribution in [-0.4, -0.2) is 16.2 Å². The van der Waals surface area contributed by atoms with Gasteiger partial charge in [0.15, 0.2) is 0 Å². The van der Waals surface area contributed by atoms with Crippen molar-refractivity contribution in [2.75, 3.05) is 0 Å². The number of nitrogens with zero attached hydrogens (tertiary/aromatic N) is 1. The molecule has 1 aliphatic rings. The van der Waals surface area contributed by atoms with Gasteiger partial charge in [-0.05, 0) is 6.92 Å². The fourth-order valence-electron chi connectivity index (χ4n) is 1.03. The summed E-state index contributed by atoms with van der Waals surface area (Å²) < 4.78 is 0. The summed E-state index contributed by atoms with van der Waals surface area (Å²) in [6.45, 7) is 1.39. The van der Waals surface area contributed by atoms with Crippen LogP contribution in [-0.2, 0) is 4.79 Å². The highest BCUT2D eigenvalue weighted by Gasteiger charge is 2.56. The zero-order valence-corrected chi connectivity index (χ0v) is 5.79. The van der Waals surface area contributed by atoms with Gasteiger partial charge >= 0.3 is 0 Å². The van der Waals surface area contributed by atoms with Crippen molar-refractivity contribution in [2.45, 2.75) is 31.7 Å². The monoisotopic (exact) mass is 143 g/mol. The number of carbonyl (C=O) groups excluding carboxylic acids is 1. The van der Waals surface area contributed by atoms with Crippen LogP contribution in [0.4, 0.5) is 0 Å². The number of Topliss-reactive ketones (excluding diaryl/α,β-unsaturated/α-hetero) is 1. The second kappa shape index (κ2) is 2.04. The molecule has 0 bridgehead atoms. The fourth-order valence-corrected chi connectivity index (χ4v) is 1.03. The molecule has 0 heterocycles. The lowest BCUT2D eigenvalue weighted by molar-refractivity contribution is -0.537. The lowest BCUT2D eigenvalue weighted by Crippen LogP contribution is -2.23. The largest absolute Gasteiger partial charge is 0.300 e. The number of hydrogen-bond donors (Lipinski definition) is 0. The molecule has 10 heavy (non-hydrogen) atoms. The van der Waals surface area contributed by atoms with Crippen LogP contribution in [0.5, 0.6) is 0 Å². The normalized spacial score (nSPS) is 20.1. The average molecular weight is 143 g/mol. The first-order valence-electron chi connectivity index (χ1n) is 3.21. The summed E-state index contributed by atoms with van der Waals surface area (Å²) in [5.74, 6) is -0.0887. The first-order chi connectivity index (χ1) is 4.57. The van der Waals surface area contributed by atoms with Crippen molar-refractivity contribution in [3.8, 4) is 0 Å². The van der Waals surface area contributed by atoms with E-state index >= 15 is 0 Å². The molecule has 0 unspecified atom stereocenters. The van der Waals surface area contributed by atoms with E-state index < -0.39 is 5.54 Å². The third kappa shape index (κ3) is 1.15. The Labute approximate surface area is 58.4 Å². The van der Waals surface area contributed by atoms with Crippen LogP contribution >= 0.6 is 0 Å². The Morgan fingerprint density at radius 3 is 2.30 bits per heavy atom. The SMILES string of the molecule is CC(=O)CC1([N+](=O)[O-])CC1. The highest BCUT2D eigenvalue weighted by molar-refractivity contribution is 5.77. The van der Waals surface area contributed by atoms with Gasteiger partial charge in [-0.15, -0.1) is 0 Å². The Hall–Kier alpha value is -0.930. The van der Waals surface area contributed by atoms with E-state index in [4.69, 9.17) is 0 Å². The summed E-state index contributed by atoms with van der Waals surface area (Å²) in [6, 6.07) is 0. The van der Waals surface area contributed by atoms with Gasteiger partial charge in [-0.1, -0.05) is 0 Å². The maximum atomic E-state index is 10.5. The highest BCUT2D eigenvalue weighted by Crippen LogP contribution is 2.41. The van der Waals surface area contributed by atoms with E-state index in [2.05, 4.69) is 0 Å². The molecule has 56 valence electrons. The average Bonchev–Trinajstić information content (AvgIpc) is 2.46. The lowest BCUT2D eigenvalue weighted by Gasteiger charge is -2.01. The summed E-state index contributed by atoms with van der Waals surface area (Å²) in [5, 5.41) is 10.3. The number of hydrogen-bond acceptors (Lipinski definition) is 3. The van der Waals surface area contributed by atoms with Crippen LogP contribution in [0.2, 0.25) is 0 Å². The number of rotatable bonds is 3. The van der Waals surface area contributed by atoms with Crippen LogP contribution in [0, 0.1) is 10.1 Å². The first kappa shape index (κ1) is 7.18. The second-order valence-corrected chi connectivity index (χ2v) is 2.86. The predicted molar refractivity (Wildman–Crippen MR) is 34.3 cm³/mol. The molecular formula is C6H9NO3. The second-order valence-electron chi connectivity index (χ2n) is 2.86. The van der Waals surface area contributed by atoms with Crippen LogP contribution in [0.3, 0.4) is 0 Å². The van der Waals surface area contributed by atoms with Crippen molar-refractivity contribution >= 4 is 5.78 Å². The summed E-state index contributed by atoms with van der Waals surface area (Å²) in [5.41, 5.74) is -0.855. The molecule has 4 heteroatoms. The summed E-state index contributed by atoms with van der Waals surface area (Å²) in [6.07, 6.45) is 1.25. The lowest BCUT2D eigenvalue weighted by atomic mass is 10.1. The summed E-state index contributed by atoms with van der Waals surface area (Å²) >= 11 is 0. The zero-order valence-electron chi connectivity index (χ0n) is 5.79. The molecule has 1 saturated carbocycles. The number of ketones is 1. The summed E-state index contributed by atoms with van der Waals surface area (Å²) in [7, 11) is 0. The van der Waals surface area contributed by atoms with Gasteiger partial charge in [0.1, 0.15) is 5.78 Å². The van der Waals surface area contributed by atoms with Gasteiger partial charge in [0.05, 0.1) is 6.42 Å². The van der Waals surface area contributed by atoms with E-state index in [1.54, 1.807) is 0 Å². The van der Waals surface area contributed by atoms with E-state index in [-0.39, 0.29) is 17.1 Å². The Morgan fingerprint density at radius 2 is 2.20 bits per heavy atom. The van der Waals surface area contributed by atoms with Gasteiger partial charge in [-0.2, -0.15) is 0 Å². The maximum Gasteiger partial charge on any atom is 0.229 e. The molecule has 0 aromatic rings. The molecule has 0 aromatic carbocycles. The molecule has 0 N–H and O–H groups in total. The highest BCUT2D eigenvalue weighted by atomic mass is 16.6. The van der Waals surface area contributed by atoms with Crippen LogP contribution < -0.4 is 0 Å². The molecule has 4 nitrogen and oxygen atoms in total. The molecule has 1 aliphatic carbocycles. The molecule has 1 rings (SSSR count). The van der Waals surface area contributed by atoms with Crippen molar-refractivity contribution in [1.82, 2.24) is 0 Å². The van der Waals surface area contributed by atoms with Crippen molar-refractivity contribution in [2.24, 2.45) is 0 Å². The van der Waals surface area contributed by atoms with Crippen molar-refractivity contribution in [3.05, 3.63) is 10.1 Å². The van der Waals surface area contributed by atoms with E-state index in [9.17, 15) is 14.9 Å². The molecule has 0 spiro atoms. The minimum atomic E-state index is -0.855. The van der Waals surface area contributed by atoms with E-state index in [1.807, 2.05) is 0 Å². The van der Waals surface area contributed by atoms with Gasteiger partial charge in [-0.25, -0.2) is 0 Å². The minimum Gasteiger partial charge on any atom is -0.300 e. The molecular weight excluding hydrogens is 134 g/mol. The molecule has 1 fully saturated rings. The molecule has 0 amide bonds. The Morgan fingerprint density at radius 1 is 1.70 bits per heavy atom. The minimum absolute atomic E-state index is 0.0887. The van der Waals surface area contributed by atoms with E-state index in [0.29, 0.717) is 12.8 Å². The van der Waals surface area contributed by atoms with Crippen LogP contribution in [0.25, 0.3) is 0 Å². The molecule has 0 aromatic heterocycles. The third-order valence-corrected chi connectivity index (χ3v) is 1.79. The molecule has 0 radical (unpaired) electrons. The van der Waals surface area contributed by atoms with Gasteiger partial charge in [0.25, 0.3) is 0 Å².